The summed E-state index contributed by atoms with van der Waals surface area (Å²) < 4.78 is 1.78. The fourth-order valence-electron chi connectivity index (χ4n) is 2.94. The molecule has 1 N–H and O–H groups in total. The molecule has 1 aliphatic rings. The lowest BCUT2D eigenvalue weighted by Gasteiger charge is -2.29. The van der Waals surface area contributed by atoms with E-state index in [2.05, 4.69) is 0 Å². The number of carbonyl (C=O) groups excluding carboxylic acids is 1. The number of aliphatic hydroxyl groups excluding tert-OH is 1. The first-order chi connectivity index (χ1) is 9.69. The summed E-state index contributed by atoms with van der Waals surface area (Å²) in [6.07, 6.45) is 2.44. The lowest BCUT2D eigenvalue weighted by Crippen LogP contribution is -2.39. The van der Waals surface area contributed by atoms with Gasteiger partial charge in [-0.2, -0.15) is 0 Å². The van der Waals surface area contributed by atoms with Gasteiger partial charge in [0.1, 0.15) is 5.56 Å². The molecule has 0 unspecified atom stereocenters. The molecule has 116 valence electrons. The van der Waals surface area contributed by atoms with E-state index < -0.39 is 6.10 Å². The van der Waals surface area contributed by atoms with Crippen LogP contribution in [0.25, 0.3) is 0 Å². The number of amides is 1. The molecule has 0 aromatic carbocycles. The first-order valence-corrected chi connectivity index (χ1v) is 7.34. The van der Waals surface area contributed by atoms with E-state index in [-0.39, 0.29) is 22.3 Å². The molecule has 5 heteroatoms. The fraction of sp³-hybridized carbons (Fsp3) is 0.625. The highest BCUT2D eigenvalue weighted by Crippen LogP contribution is 2.28. The summed E-state index contributed by atoms with van der Waals surface area (Å²) in [7, 11) is 1.82. The minimum absolute atomic E-state index is 0.151. The summed E-state index contributed by atoms with van der Waals surface area (Å²) in [6, 6.07) is 1.49. The molecule has 1 saturated heterocycles. The van der Waals surface area contributed by atoms with Crippen molar-refractivity contribution < 1.29 is 9.90 Å². The van der Waals surface area contributed by atoms with E-state index in [0.29, 0.717) is 25.9 Å². The molecular weight excluding hydrogens is 268 g/mol. The summed E-state index contributed by atoms with van der Waals surface area (Å²) in [5.74, 6) is -0.238. The number of hydrogen-bond acceptors (Lipinski definition) is 3. The SMILES string of the molecule is Cc1cc(=O)c(C(=O)N2CC[C@H](O)CC(C)(C)C2)cn1C. The Morgan fingerprint density at radius 2 is 2.10 bits per heavy atom. The molecule has 0 spiro atoms. The Balaban J connectivity index is 2.31. The lowest BCUT2D eigenvalue weighted by atomic mass is 9.87. The third-order valence-corrected chi connectivity index (χ3v) is 4.14. The second-order valence-electron chi connectivity index (χ2n) is 6.84. The zero-order valence-electron chi connectivity index (χ0n) is 13.2. The van der Waals surface area contributed by atoms with Gasteiger partial charge in [-0.3, -0.25) is 9.59 Å². The zero-order chi connectivity index (χ0) is 15.8. The van der Waals surface area contributed by atoms with E-state index in [1.54, 1.807) is 15.7 Å². The van der Waals surface area contributed by atoms with E-state index in [9.17, 15) is 14.7 Å². The van der Waals surface area contributed by atoms with E-state index in [0.717, 1.165) is 5.69 Å². The van der Waals surface area contributed by atoms with Gasteiger partial charge in [-0.25, -0.2) is 0 Å². The van der Waals surface area contributed by atoms with Gasteiger partial charge in [0.15, 0.2) is 5.43 Å². The second kappa shape index (κ2) is 5.64. The maximum atomic E-state index is 12.7. The van der Waals surface area contributed by atoms with Gasteiger partial charge in [-0.05, 0) is 25.2 Å². The lowest BCUT2D eigenvalue weighted by molar-refractivity contribution is 0.0702. The highest BCUT2D eigenvalue weighted by Gasteiger charge is 2.32. The molecule has 1 atom stereocenters. The molecule has 1 fully saturated rings. The molecule has 2 heterocycles. The Labute approximate surface area is 125 Å². The number of rotatable bonds is 1. The summed E-state index contributed by atoms with van der Waals surface area (Å²) in [5, 5.41) is 9.93. The van der Waals surface area contributed by atoms with Crippen molar-refractivity contribution in [2.24, 2.45) is 12.5 Å². The average molecular weight is 292 g/mol. The van der Waals surface area contributed by atoms with E-state index in [1.807, 2.05) is 27.8 Å². The van der Waals surface area contributed by atoms with Gasteiger partial charge in [0.2, 0.25) is 0 Å². The average Bonchev–Trinajstić information content (AvgIpc) is 2.50. The van der Waals surface area contributed by atoms with Crippen molar-refractivity contribution in [2.45, 2.75) is 39.7 Å². The molecule has 21 heavy (non-hydrogen) atoms. The van der Waals surface area contributed by atoms with Gasteiger partial charge in [-0.15, -0.1) is 0 Å². The fourth-order valence-corrected chi connectivity index (χ4v) is 2.94. The van der Waals surface area contributed by atoms with Crippen molar-refractivity contribution in [3.63, 3.8) is 0 Å². The smallest absolute Gasteiger partial charge is 0.259 e. The number of aliphatic hydroxyl groups is 1. The van der Waals surface area contributed by atoms with Crippen LogP contribution in [0.1, 0.15) is 42.7 Å². The number of nitrogens with zero attached hydrogens (tertiary/aromatic N) is 2. The molecule has 0 saturated carbocycles. The quantitative estimate of drug-likeness (QED) is 0.849. The van der Waals surface area contributed by atoms with Gasteiger partial charge in [0.25, 0.3) is 5.91 Å². The summed E-state index contributed by atoms with van der Waals surface area (Å²) in [4.78, 5) is 26.4. The number of aromatic nitrogens is 1. The molecule has 0 aliphatic carbocycles. The Bertz CT molecular complexity index is 604. The Morgan fingerprint density at radius 1 is 1.43 bits per heavy atom. The molecule has 0 radical (unpaired) electrons. The standard InChI is InChI=1S/C16H24N2O3/c1-11-7-14(20)13(9-17(11)4)15(21)18-6-5-12(19)8-16(2,3)10-18/h7,9,12,19H,5-6,8,10H2,1-4H3/t12-/m0/s1. The Hall–Kier alpha value is -1.62. The third-order valence-electron chi connectivity index (χ3n) is 4.14. The minimum atomic E-state index is -0.390. The van der Waals surface area contributed by atoms with Crippen molar-refractivity contribution in [2.75, 3.05) is 13.1 Å². The van der Waals surface area contributed by atoms with Gasteiger partial charge in [-0.1, -0.05) is 13.8 Å². The van der Waals surface area contributed by atoms with E-state index in [4.69, 9.17) is 0 Å². The Kier molecular flexibility index (Phi) is 4.23. The molecule has 1 aromatic rings. The van der Waals surface area contributed by atoms with Crippen LogP contribution in [0.4, 0.5) is 0 Å². The van der Waals surface area contributed by atoms with Gasteiger partial charge >= 0.3 is 0 Å². The molecule has 1 amide bonds. The van der Waals surface area contributed by atoms with Crippen molar-refractivity contribution in [3.05, 3.63) is 33.7 Å². The monoisotopic (exact) mass is 292 g/mol. The van der Waals surface area contributed by atoms with Gasteiger partial charge in [0.05, 0.1) is 6.10 Å². The molecule has 5 nitrogen and oxygen atoms in total. The molecule has 1 aliphatic heterocycles. The predicted molar refractivity (Wildman–Crippen MR) is 81.3 cm³/mol. The van der Waals surface area contributed by atoms with Crippen LogP contribution < -0.4 is 5.43 Å². The topological polar surface area (TPSA) is 62.5 Å². The number of hydrogen-bond donors (Lipinski definition) is 1. The summed E-state index contributed by atoms with van der Waals surface area (Å²) >= 11 is 0. The van der Waals surface area contributed by atoms with Crippen molar-refractivity contribution >= 4 is 5.91 Å². The van der Waals surface area contributed by atoms with Crippen molar-refractivity contribution in [3.8, 4) is 0 Å². The maximum Gasteiger partial charge on any atom is 0.259 e. The molecule has 0 bridgehead atoms. The van der Waals surface area contributed by atoms with Crippen LogP contribution >= 0.6 is 0 Å². The highest BCUT2D eigenvalue weighted by atomic mass is 16.3. The van der Waals surface area contributed by atoms with Gasteiger partial charge < -0.3 is 14.6 Å². The van der Waals surface area contributed by atoms with Crippen molar-refractivity contribution in [1.29, 1.82) is 0 Å². The van der Waals surface area contributed by atoms with Crippen LogP contribution in [0.3, 0.4) is 0 Å². The zero-order valence-corrected chi connectivity index (χ0v) is 13.2. The first kappa shape index (κ1) is 15.8. The van der Waals surface area contributed by atoms with Crippen LogP contribution in [0.2, 0.25) is 0 Å². The minimum Gasteiger partial charge on any atom is -0.393 e. The molecular formula is C16H24N2O3. The van der Waals surface area contributed by atoms with Crippen LogP contribution in [0.5, 0.6) is 0 Å². The number of pyridine rings is 1. The number of aryl methyl sites for hydroxylation is 2. The van der Waals surface area contributed by atoms with E-state index in [1.165, 1.54) is 6.07 Å². The summed E-state index contributed by atoms with van der Waals surface area (Å²) in [5.41, 5.74) is 0.637. The van der Waals surface area contributed by atoms with Gasteiger partial charge in [0, 0.05) is 38.1 Å². The first-order valence-electron chi connectivity index (χ1n) is 7.34. The normalized spacial score (nSPS) is 22.0. The summed E-state index contributed by atoms with van der Waals surface area (Å²) in [6.45, 7) is 6.95. The van der Waals surface area contributed by atoms with Crippen LogP contribution in [-0.4, -0.2) is 39.7 Å². The molecule has 2 rings (SSSR count). The van der Waals surface area contributed by atoms with Crippen molar-refractivity contribution in [1.82, 2.24) is 9.47 Å². The van der Waals surface area contributed by atoms with Crippen LogP contribution in [-0.2, 0) is 7.05 Å². The Morgan fingerprint density at radius 3 is 2.76 bits per heavy atom. The predicted octanol–water partition coefficient (Wildman–Crippen LogP) is 1.32. The largest absolute Gasteiger partial charge is 0.393 e. The highest BCUT2D eigenvalue weighted by molar-refractivity contribution is 5.94. The third kappa shape index (κ3) is 3.53. The van der Waals surface area contributed by atoms with E-state index >= 15 is 0 Å². The van der Waals surface area contributed by atoms with Crippen LogP contribution in [0.15, 0.2) is 17.1 Å². The van der Waals surface area contributed by atoms with Crippen LogP contribution in [0, 0.1) is 12.3 Å². The second-order valence-corrected chi connectivity index (χ2v) is 6.84. The number of likely N-dealkylation sites (tertiary alicyclic amines) is 1. The number of carbonyl (C=O) groups is 1. The maximum absolute atomic E-state index is 12.7. The molecule has 1 aromatic heterocycles.